The molecule has 3 aromatic heterocycles. The third-order valence-corrected chi connectivity index (χ3v) is 6.16. The Morgan fingerprint density at radius 2 is 2.10 bits per heavy atom. The number of ether oxygens (including phenoxy) is 1. The van der Waals surface area contributed by atoms with Gasteiger partial charge in [-0.2, -0.15) is 9.97 Å². The molecule has 154 valence electrons. The molecule has 30 heavy (non-hydrogen) atoms. The number of aromatic nitrogens is 5. The summed E-state index contributed by atoms with van der Waals surface area (Å²) < 4.78 is 20.7. The average molecular weight is 426 g/mol. The van der Waals surface area contributed by atoms with Crippen molar-refractivity contribution in [3.05, 3.63) is 30.1 Å². The number of benzene rings is 1. The SMILES string of the molecule is CNc1cc(F)c2c3c1[nH]c1nc(Oc4cnc(C)nc4)nc(c13)NC(CN)CS2. The van der Waals surface area contributed by atoms with Gasteiger partial charge in [0.25, 0.3) is 0 Å². The fourth-order valence-corrected chi connectivity index (χ4v) is 4.59. The van der Waals surface area contributed by atoms with E-state index in [1.807, 2.05) is 0 Å². The van der Waals surface area contributed by atoms with Crippen molar-refractivity contribution in [1.82, 2.24) is 24.9 Å². The second-order valence-electron chi connectivity index (χ2n) is 6.89. The first-order chi connectivity index (χ1) is 14.6. The fraction of sp³-hybridized carbons (Fsp3) is 0.263. The van der Waals surface area contributed by atoms with Crippen LogP contribution in [-0.4, -0.2) is 50.3 Å². The topological polar surface area (TPSA) is 127 Å². The highest BCUT2D eigenvalue weighted by molar-refractivity contribution is 7.99. The number of aryl methyl sites for hydroxylation is 1. The van der Waals surface area contributed by atoms with Gasteiger partial charge in [0.1, 0.15) is 23.1 Å². The first-order valence-electron chi connectivity index (χ1n) is 9.37. The lowest BCUT2D eigenvalue weighted by molar-refractivity contribution is 0.439. The zero-order valence-corrected chi connectivity index (χ0v) is 17.1. The van der Waals surface area contributed by atoms with Gasteiger partial charge in [-0.15, -0.1) is 11.8 Å². The summed E-state index contributed by atoms with van der Waals surface area (Å²) in [5.41, 5.74) is 7.86. The number of H-pyrrole nitrogens is 1. The number of thioether (sulfide) groups is 1. The lowest BCUT2D eigenvalue weighted by Gasteiger charge is -2.21. The molecule has 0 saturated heterocycles. The first-order valence-corrected chi connectivity index (χ1v) is 10.4. The molecular weight excluding hydrogens is 407 g/mol. The largest absolute Gasteiger partial charge is 0.421 e. The van der Waals surface area contributed by atoms with Crippen LogP contribution in [0.15, 0.2) is 23.4 Å². The number of nitrogens with zero attached hydrogens (tertiary/aromatic N) is 4. The van der Waals surface area contributed by atoms with Crippen LogP contribution in [0, 0.1) is 12.7 Å². The van der Waals surface area contributed by atoms with E-state index in [4.69, 9.17) is 10.5 Å². The summed E-state index contributed by atoms with van der Waals surface area (Å²) in [4.78, 5) is 21.2. The normalized spacial score (nSPS) is 15.8. The molecule has 1 aliphatic rings. The van der Waals surface area contributed by atoms with Crippen molar-refractivity contribution in [2.75, 3.05) is 30.0 Å². The third kappa shape index (κ3) is 3.06. The summed E-state index contributed by atoms with van der Waals surface area (Å²) >= 11 is 1.43. The minimum atomic E-state index is -0.293. The molecule has 0 saturated carbocycles. The summed E-state index contributed by atoms with van der Waals surface area (Å²) in [6, 6.07) is 1.52. The van der Waals surface area contributed by atoms with Crippen LogP contribution >= 0.6 is 11.8 Å². The van der Waals surface area contributed by atoms with Gasteiger partial charge in [-0.1, -0.05) is 0 Å². The van der Waals surface area contributed by atoms with E-state index in [1.165, 1.54) is 17.8 Å². The van der Waals surface area contributed by atoms with Crippen molar-refractivity contribution >= 4 is 45.2 Å². The molecule has 0 fully saturated rings. The quantitative estimate of drug-likeness (QED) is 0.389. The van der Waals surface area contributed by atoms with E-state index in [-0.39, 0.29) is 17.9 Å². The molecule has 0 amide bonds. The summed E-state index contributed by atoms with van der Waals surface area (Å²) in [6.07, 6.45) is 3.12. The number of rotatable bonds is 4. The van der Waals surface area contributed by atoms with Crippen LogP contribution < -0.4 is 21.1 Å². The molecule has 4 aromatic rings. The van der Waals surface area contributed by atoms with E-state index in [9.17, 15) is 4.39 Å². The van der Waals surface area contributed by atoms with Crippen LogP contribution in [0.5, 0.6) is 11.8 Å². The molecule has 5 N–H and O–H groups in total. The molecule has 4 heterocycles. The van der Waals surface area contributed by atoms with Gasteiger partial charge in [0.15, 0.2) is 5.75 Å². The lowest BCUT2D eigenvalue weighted by atomic mass is 10.1. The van der Waals surface area contributed by atoms with E-state index in [0.29, 0.717) is 51.3 Å². The van der Waals surface area contributed by atoms with Crippen LogP contribution in [0.3, 0.4) is 0 Å². The van der Waals surface area contributed by atoms with E-state index in [1.54, 1.807) is 26.4 Å². The molecule has 0 aliphatic carbocycles. The lowest BCUT2D eigenvalue weighted by Crippen LogP contribution is -2.32. The Bertz CT molecular complexity index is 1260. The second kappa shape index (κ2) is 7.26. The van der Waals surface area contributed by atoms with Crippen LogP contribution in [0.25, 0.3) is 21.9 Å². The van der Waals surface area contributed by atoms with Gasteiger partial charge >= 0.3 is 6.01 Å². The Morgan fingerprint density at radius 3 is 2.83 bits per heavy atom. The Labute approximate surface area is 175 Å². The van der Waals surface area contributed by atoms with Gasteiger partial charge in [0.2, 0.25) is 0 Å². The van der Waals surface area contributed by atoms with Gasteiger partial charge in [0, 0.05) is 36.8 Å². The van der Waals surface area contributed by atoms with Gasteiger partial charge in [-0.05, 0) is 6.92 Å². The summed E-state index contributed by atoms with van der Waals surface area (Å²) in [7, 11) is 1.75. The Hall–Kier alpha value is -3.18. The minimum absolute atomic E-state index is 0.0925. The molecule has 0 spiro atoms. The maximum Gasteiger partial charge on any atom is 0.326 e. The van der Waals surface area contributed by atoms with Crippen molar-refractivity contribution < 1.29 is 9.13 Å². The first kappa shape index (κ1) is 18.8. The number of anilines is 2. The zero-order chi connectivity index (χ0) is 20.8. The molecule has 5 rings (SSSR count). The Morgan fingerprint density at radius 1 is 1.30 bits per heavy atom. The Kier molecular flexibility index (Phi) is 4.55. The summed E-state index contributed by atoms with van der Waals surface area (Å²) in [5.74, 6) is 1.90. The standard InChI is InChI=1S/C19H19FN8OS/c1-8-23-5-10(6-24-8)29-19-27-17-14-13-15(26-18(14)28-19)12(22-2)3-11(20)16(13)30-7-9(4-21)25-17/h3,5-6,9,22H,4,7,21H2,1-2H3,(H2,25,26,27,28). The van der Waals surface area contributed by atoms with Crippen molar-refractivity contribution in [3.8, 4) is 11.8 Å². The highest BCUT2D eigenvalue weighted by Gasteiger charge is 2.26. The molecule has 9 nitrogen and oxygen atoms in total. The predicted molar refractivity (Wildman–Crippen MR) is 115 cm³/mol. The van der Waals surface area contributed by atoms with Gasteiger partial charge in [-0.25, -0.2) is 14.4 Å². The highest BCUT2D eigenvalue weighted by atomic mass is 32.2. The highest BCUT2D eigenvalue weighted by Crippen LogP contribution is 2.43. The smallest absolute Gasteiger partial charge is 0.326 e. The molecule has 0 radical (unpaired) electrons. The average Bonchev–Trinajstić information content (AvgIpc) is 3.11. The molecule has 11 heteroatoms. The second-order valence-corrected chi connectivity index (χ2v) is 7.92. The number of halogens is 1. The zero-order valence-electron chi connectivity index (χ0n) is 16.3. The molecule has 1 atom stereocenters. The number of hydrogen-bond acceptors (Lipinski definition) is 9. The summed E-state index contributed by atoms with van der Waals surface area (Å²) in [6.45, 7) is 2.16. The molecular formula is C19H19FN8OS. The van der Waals surface area contributed by atoms with Gasteiger partial charge < -0.3 is 26.1 Å². The van der Waals surface area contributed by atoms with Crippen LogP contribution in [0.1, 0.15) is 5.82 Å². The Balaban J connectivity index is 1.75. The number of nitrogens with one attached hydrogen (secondary N) is 3. The van der Waals surface area contributed by atoms with Crippen molar-refractivity contribution in [2.24, 2.45) is 5.73 Å². The van der Waals surface area contributed by atoms with Crippen LogP contribution in [0.4, 0.5) is 15.9 Å². The van der Waals surface area contributed by atoms with Gasteiger partial charge in [-0.3, -0.25) is 0 Å². The maximum absolute atomic E-state index is 14.9. The van der Waals surface area contributed by atoms with Crippen molar-refractivity contribution in [2.45, 2.75) is 17.9 Å². The third-order valence-electron chi connectivity index (χ3n) is 4.91. The van der Waals surface area contributed by atoms with Gasteiger partial charge in [0.05, 0.1) is 33.9 Å². The van der Waals surface area contributed by atoms with E-state index in [0.717, 1.165) is 10.9 Å². The minimum Gasteiger partial charge on any atom is -0.421 e. The number of aromatic amines is 1. The number of hydrogen-bond donors (Lipinski definition) is 4. The van der Waals surface area contributed by atoms with Crippen LogP contribution in [0.2, 0.25) is 0 Å². The van der Waals surface area contributed by atoms with E-state index >= 15 is 0 Å². The fourth-order valence-electron chi connectivity index (χ4n) is 3.46. The molecule has 1 aliphatic heterocycles. The number of nitrogens with two attached hydrogens (primary N) is 1. The van der Waals surface area contributed by atoms with E-state index < -0.39 is 0 Å². The molecule has 0 bridgehead atoms. The maximum atomic E-state index is 14.9. The molecule has 1 aromatic carbocycles. The van der Waals surface area contributed by atoms with Crippen molar-refractivity contribution in [1.29, 1.82) is 0 Å². The molecule has 1 unspecified atom stereocenters. The van der Waals surface area contributed by atoms with Crippen molar-refractivity contribution in [3.63, 3.8) is 0 Å². The monoisotopic (exact) mass is 426 g/mol. The van der Waals surface area contributed by atoms with E-state index in [2.05, 4.69) is 35.6 Å². The van der Waals surface area contributed by atoms with Crippen LogP contribution in [-0.2, 0) is 0 Å². The predicted octanol–water partition coefficient (Wildman–Crippen LogP) is 3.03. The summed E-state index contributed by atoms with van der Waals surface area (Å²) in [5, 5.41) is 7.85.